The van der Waals surface area contributed by atoms with Crippen molar-refractivity contribution >= 4 is 5.91 Å². The number of hydrogen-bond donors (Lipinski definition) is 0. The van der Waals surface area contributed by atoms with Crippen molar-refractivity contribution in [3.8, 4) is 6.07 Å². The largest absolute Gasteiger partial charge is 0.339 e. The molecule has 1 fully saturated rings. The summed E-state index contributed by atoms with van der Waals surface area (Å²) in [6.45, 7) is 7.00. The SMILES string of the molecule is CCCCCN(C(=O)C1(C#N)CC1)C(C)C. The third-order valence-electron chi connectivity index (χ3n) is 3.26. The maximum atomic E-state index is 12.2. The first kappa shape index (κ1) is 13.0. The van der Waals surface area contributed by atoms with Crippen LogP contribution in [0.15, 0.2) is 0 Å². The van der Waals surface area contributed by atoms with Crippen molar-refractivity contribution in [2.45, 2.75) is 58.9 Å². The second-order valence-corrected chi connectivity index (χ2v) is 4.99. The second kappa shape index (κ2) is 5.34. The molecule has 0 bridgehead atoms. The summed E-state index contributed by atoms with van der Waals surface area (Å²) in [4.78, 5) is 14.1. The molecule has 0 N–H and O–H groups in total. The summed E-state index contributed by atoms with van der Waals surface area (Å²) in [5.41, 5.74) is -0.656. The van der Waals surface area contributed by atoms with Gasteiger partial charge in [0.05, 0.1) is 6.07 Å². The standard InChI is InChI=1S/C13H22N2O/c1-4-5-6-9-15(11(2)3)12(16)13(10-14)7-8-13/h11H,4-9H2,1-3H3. The normalized spacial score (nSPS) is 16.9. The van der Waals surface area contributed by atoms with Gasteiger partial charge in [0.2, 0.25) is 5.91 Å². The van der Waals surface area contributed by atoms with Gasteiger partial charge in [-0.2, -0.15) is 5.26 Å². The smallest absolute Gasteiger partial charge is 0.243 e. The van der Waals surface area contributed by atoms with Gasteiger partial charge in [-0.05, 0) is 33.1 Å². The lowest BCUT2D eigenvalue weighted by atomic mass is 10.1. The molecule has 0 unspecified atom stereocenters. The van der Waals surface area contributed by atoms with E-state index in [-0.39, 0.29) is 11.9 Å². The summed E-state index contributed by atoms with van der Waals surface area (Å²) < 4.78 is 0. The number of carbonyl (C=O) groups excluding carboxylic acids is 1. The summed E-state index contributed by atoms with van der Waals surface area (Å²) in [5.74, 6) is 0.0566. The first-order chi connectivity index (χ1) is 7.57. The van der Waals surface area contributed by atoms with Crippen molar-refractivity contribution in [3.63, 3.8) is 0 Å². The van der Waals surface area contributed by atoms with Gasteiger partial charge in [-0.15, -0.1) is 0 Å². The average Bonchev–Trinajstić information content (AvgIpc) is 3.04. The number of amides is 1. The summed E-state index contributed by atoms with van der Waals surface area (Å²) in [6.07, 6.45) is 4.85. The maximum Gasteiger partial charge on any atom is 0.243 e. The molecule has 3 heteroatoms. The number of nitrogens with zero attached hydrogens (tertiary/aromatic N) is 2. The fraction of sp³-hybridized carbons (Fsp3) is 0.846. The Hall–Kier alpha value is -1.04. The van der Waals surface area contributed by atoms with Crippen LogP contribution >= 0.6 is 0 Å². The van der Waals surface area contributed by atoms with Crippen LogP contribution in [0.2, 0.25) is 0 Å². The van der Waals surface area contributed by atoms with Gasteiger partial charge in [0.25, 0.3) is 0 Å². The van der Waals surface area contributed by atoms with Gasteiger partial charge in [-0.1, -0.05) is 19.8 Å². The van der Waals surface area contributed by atoms with E-state index in [9.17, 15) is 4.79 Å². The molecule has 90 valence electrons. The molecule has 0 atom stereocenters. The zero-order chi connectivity index (χ0) is 12.2. The zero-order valence-corrected chi connectivity index (χ0v) is 10.6. The van der Waals surface area contributed by atoms with E-state index >= 15 is 0 Å². The van der Waals surface area contributed by atoms with Crippen molar-refractivity contribution in [1.82, 2.24) is 4.90 Å². The van der Waals surface area contributed by atoms with Crippen LogP contribution < -0.4 is 0 Å². The Bertz CT molecular complexity index is 287. The van der Waals surface area contributed by atoms with Gasteiger partial charge in [0.15, 0.2) is 0 Å². The van der Waals surface area contributed by atoms with E-state index in [4.69, 9.17) is 5.26 Å². The minimum Gasteiger partial charge on any atom is -0.339 e. The Morgan fingerprint density at radius 2 is 2.06 bits per heavy atom. The van der Waals surface area contributed by atoms with Crippen LogP contribution in [-0.4, -0.2) is 23.4 Å². The van der Waals surface area contributed by atoms with Crippen LogP contribution in [0.3, 0.4) is 0 Å². The number of nitriles is 1. The highest BCUT2D eigenvalue weighted by Gasteiger charge is 2.52. The van der Waals surface area contributed by atoms with E-state index in [1.165, 1.54) is 0 Å². The monoisotopic (exact) mass is 222 g/mol. The molecule has 0 heterocycles. The summed E-state index contributed by atoms with van der Waals surface area (Å²) in [6, 6.07) is 2.39. The van der Waals surface area contributed by atoms with Gasteiger partial charge in [-0.25, -0.2) is 0 Å². The van der Waals surface area contributed by atoms with Crippen LogP contribution in [0.1, 0.15) is 52.9 Å². The van der Waals surface area contributed by atoms with Crippen molar-refractivity contribution in [1.29, 1.82) is 5.26 Å². The lowest BCUT2D eigenvalue weighted by molar-refractivity contribution is -0.136. The lowest BCUT2D eigenvalue weighted by Gasteiger charge is -2.28. The number of hydrogen-bond acceptors (Lipinski definition) is 2. The van der Waals surface area contributed by atoms with Gasteiger partial charge in [0, 0.05) is 12.6 Å². The molecule has 1 amide bonds. The fourth-order valence-corrected chi connectivity index (χ4v) is 1.90. The van der Waals surface area contributed by atoms with E-state index in [0.29, 0.717) is 0 Å². The molecule has 1 aliphatic rings. The third-order valence-corrected chi connectivity index (χ3v) is 3.26. The van der Waals surface area contributed by atoms with Gasteiger partial charge < -0.3 is 4.90 Å². The second-order valence-electron chi connectivity index (χ2n) is 4.99. The number of carbonyl (C=O) groups is 1. The van der Waals surface area contributed by atoms with Crippen LogP contribution in [0.5, 0.6) is 0 Å². The van der Waals surface area contributed by atoms with Crippen LogP contribution in [0.25, 0.3) is 0 Å². The summed E-state index contributed by atoms with van der Waals surface area (Å²) >= 11 is 0. The number of rotatable bonds is 6. The molecular weight excluding hydrogens is 200 g/mol. The summed E-state index contributed by atoms with van der Waals surface area (Å²) in [7, 11) is 0. The van der Waals surface area contributed by atoms with Gasteiger partial charge in [-0.3, -0.25) is 4.79 Å². The van der Waals surface area contributed by atoms with Gasteiger partial charge in [0.1, 0.15) is 5.41 Å². The Balaban J connectivity index is 2.57. The van der Waals surface area contributed by atoms with Crippen molar-refractivity contribution in [2.24, 2.45) is 5.41 Å². The number of unbranched alkanes of at least 4 members (excludes halogenated alkanes) is 2. The predicted molar refractivity (Wildman–Crippen MR) is 63.7 cm³/mol. The van der Waals surface area contributed by atoms with Crippen LogP contribution in [-0.2, 0) is 4.79 Å². The van der Waals surface area contributed by atoms with Crippen molar-refractivity contribution in [2.75, 3.05) is 6.54 Å². The molecule has 0 aromatic heterocycles. The van der Waals surface area contributed by atoms with Crippen molar-refractivity contribution in [3.05, 3.63) is 0 Å². The minimum atomic E-state index is -0.656. The summed E-state index contributed by atoms with van der Waals surface area (Å²) in [5, 5.41) is 9.03. The highest BCUT2D eigenvalue weighted by molar-refractivity contribution is 5.88. The first-order valence-electron chi connectivity index (χ1n) is 6.29. The van der Waals surface area contributed by atoms with Crippen molar-refractivity contribution < 1.29 is 4.79 Å². The fourth-order valence-electron chi connectivity index (χ4n) is 1.90. The Labute approximate surface area is 98.4 Å². The molecule has 0 aromatic rings. The van der Waals surface area contributed by atoms with E-state index in [2.05, 4.69) is 13.0 Å². The minimum absolute atomic E-state index is 0.0566. The highest BCUT2D eigenvalue weighted by atomic mass is 16.2. The predicted octanol–water partition coefficient (Wildman–Crippen LogP) is 2.72. The highest BCUT2D eigenvalue weighted by Crippen LogP contribution is 2.46. The average molecular weight is 222 g/mol. The molecule has 16 heavy (non-hydrogen) atoms. The van der Waals surface area contributed by atoms with E-state index < -0.39 is 5.41 Å². The third kappa shape index (κ3) is 2.75. The molecule has 1 aliphatic carbocycles. The maximum absolute atomic E-state index is 12.2. The molecule has 1 rings (SSSR count). The molecule has 0 spiro atoms. The molecule has 1 saturated carbocycles. The topological polar surface area (TPSA) is 44.1 Å². The van der Waals surface area contributed by atoms with E-state index in [1.807, 2.05) is 18.7 Å². The lowest BCUT2D eigenvalue weighted by Crippen LogP contribution is -2.42. The van der Waals surface area contributed by atoms with Gasteiger partial charge >= 0.3 is 0 Å². The zero-order valence-electron chi connectivity index (χ0n) is 10.6. The molecule has 3 nitrogen and oxygen atoms in total. The molecule has 0 aromatic carbocycles. The Kier molecular flexibility index (Phi) is 4.35. The first-order valence-corrected chi connectivity index (χ1v) is 6.29. The Morgan fingerprint density at radius 3 is 2.44 bits per heavy atom. The Morgan fingerprint density at radius 1 is 1.44 bits per heavy atom. The molecular formula is C13H22N2O. The molecule has 0 saturated heterocycles. The van der Waals surface area contributed by atoms with Crippen LogP contribution in [0, 0.1) is 16.7 Å². The van der Waals surface area contributed by atoms with E-state index in [1.54, 1.807) is 0 Å². The quantitative estimate of drug-likeness (QED) is 0.648. The van der Waals surface area contributed by atoms with E-state index in [0.717, 1.165) is 38.6 Å². The molecule has 0 aliphatic heterocycles. The molecule has 0 radical (unpaired) electrons. The van der Waals surface area contributed by atoms with Crippen LogP contribution in [0.4, 0.5) is 0 Å².